The van der Waals surface area contributed by atoms with Gasteiger partial charge in [0.25, 0.3) is 0 Å². The lowest BCUT2D eigenvalue weighted by atomic mass is 9.71. The van der Waals surface area contributed by atoms with E-state index < -0.39 is 0 Å². The van der Waals surface area contributed by atoms with Crippen LogP contribution in [-0.4, -0.2) is 49.5 Å². The van der Waals surface area contributed by atoms with Gasteiger partial charge in [0, 0.05) is 53.9 Å². The molecular weight excluding hydrogens is 530 g/mol. The Balaban J connectivity index is 0.000000359. The normalized spacial score (nSPS) is 30.4. The lowest BCUT2D eigenvalue weighted by Crippen LogP contribution is -2.43. The molecule has 5 heteroatoms. The fourth-order valence-electron chi connectivity index (χ4n) is 9.95. The SMILES string of the molecule is CCC(Nc1ccc(NC)cc1)C1[C@@H](C)CC2(C)C3(CN(C)CC4CC4)Cc4ccc(O)cc4C123.O=Cc1ccccc1. The third-order valence-corrected chi connectivity index (χ3v) is 11.6. The molecule has 3 N–H and O–H groups in total. The number of phenolic OH excluding ortho intramolecular Hbond substituents is 1. The minimum atomic E-state index is 0.129. The number of nitrogens with zero attached hydrogens (tertiary/aromatic N) is 1. The zero-order valence-electron chi connectivity index (χ0n) is 26.6. The Hall–Kier alpha value is -3.31. The van der Waals surface area contributed by atoms with Crippen molar-refractivity contribution in [2.24, 2.45) is 28.6 Å². The highest BCUT2D eigenvalue weighted by molar-refractivity contribution is 5.74. The van der Waals surface area contributed by atoms with Gasteiger partial charge in [0.1, 0.15) is 12.0 Å². The van der Waals surface area contributed by atoms with Crippen molar-refractivity contribution in [2.75, 3.05) is 37.8 Å². The summed E-state index contributed by atoms with van der Waals surface area (Å²) in [6.07, 6.45) is 7.18. The van der Waals surface area contributed by atoms with Gasteiger partial charge < -0.3 is 20.6 Å². The zero-order valence-corrected chi connectivity index (χ0v) is 26.6. The molecule has 3 aromatic carbocycles. The van der Waals surface area contributed by atoms with E-state index in [0.717, 1.165) is 36.3 Å². The smallest absolute Gasteiger partial charge is 0.150 e. The number of aldehydes is 1. The number of nitrogens with one attached hydrogen (secondary N) is 2. The summed E-state index contributed by atoms with van der Waals surface area (Å²) in [6.45, 7) is 9.84. The van der Waals surface area contributed by atoms with Crippen LogP contribution in [0.4, 0.5) is 11.4 Å². The molecule has 3 aromatic rings. The predicted molar refractivity (Wildman–Crippen MR) is 177 cm³/mol. The van der Waals surface area contributed by atoms with Gasteiger partial charge >= 0.3 is 0 Å². The van der Waals surface area contributed by atoms with Crippen LogP contribution in [0.5, 0.6) is 5.75 Å². The molecule has 0 aromatic heterocycles. The molecule has 0 bridgehead atoms. The van der Waals surface area contributed by atoms with Crippen molar-refractivity contribution in [2.45, 2.75) is 64.3 Å². The summed E-state index contributed by atoms with van der Waals surface area (Å²) in [5.74, 6) is 2.52. The molecule has 0 aliphatic heterocycles. The topological polar surface area (TPSA) is 64.6 Å². The van der Waals surface area contributed by atoms with E-state index in [1.165, 1.54) is 49.2 Å². The Morgan fingerprint density at radius 3 is 2.35 bits per heavy atom. The summed E-state index contributed by atoms with van der Waals surface area (Å²) in [7, 11) is 4.33. The molecule has 0 saturated heterocycles. The summed E-state index contributed by atoms with van der Waals surface area (Å²) in [5, 5.41) is 17.8. The largest absolute Gasteiger partial charge is 0.508 e. The number of carbonyl (C=O) groups excluding carboxylic acids is 1. The Bertz CT molecular complexity index is 1440. The van der Waals surface area contributed by atoms with E-state index in [9.17, 15) is 9.90 Å². The van der Waals surface area contributed by atoms with E-state index in [2.05, 4.69) is 79.8 Å². The van der Waals surface area contributed by atoms with Crippen LogP contribution in [0, 0.1) is 28.6 Å². The molecule has 4 aliphatic rings. The van der Waals surface area contributed by atoms with Gasteiger partial charge in [-0.3, -0.25) is 4.79 Å². The second kappa shape index (κ2) is 11.3. The molecule has 5 nitrogen and oxygen atoms in total. The van der Waals surface area contributed by atoms with Crippen molar-refractivity contribution in [1.82, 2.24) is 4.90 Å². The third-order valence-electron chi connectivity index (χ3n) is 11.6. The molecule has 43 heavy (non-hydrogen) atoms. The maximum absolute atomic E-state index is 10.6. The molecule has 4 aliphatic carbocycles. The number of benzene rings is 3. The van der Waals surface area contributed by atoms with E-state index in [0.29, 0.717) is 23.6 Å². The average Bonchev–Trinajstić information content (AvgIpc) is 3.83. The number of carbonyl (C=O) groups is 1. The molecule has 0 amide bonds. The van der Waals surface area contributed by atoms with Gasteiger partial charge in [0.15, 0.2) is 0 Å². The Labute approximate surface area is 258 Å². The lowest BCUT2D eigenvalue weighted by molar-refractivity contribution is 0.112. The highest BCUT2D eigenvalue weighted by atomic mass is 16.3. The molecule has 3 saturated carbocycles. The van der Waals surface area contributed by atoms with Crippen LogP contribution in [0.1, 0.15) is 67.9 Å². The summed E-state index contributed by atoms with van der Waals surface area (Å²) in [6, 6.07) is 24.5. The highest BCUT2D eigenvalue weighted by Crippen LogP contribution is 2.92. The predicted octanol–water partition coefficient (Wildman–Crippen LogP) is 7.62. The van der Waals surface area contributed by atoms with Gasteiger partial charge in [0.05, 0.1) is 0 Å². The Kier molecular flexibility index (Phi) is 7.83. The van der Waals surface area contributed by atoms with Crippen LogP contribution >= 0.6 is 0 Å². The summed E-state index contributed by atoms with van der Waals surface area (Å²) in [4.78, 5) is 12.7. The number of hydrogen-bond acceptors (Lipinski definition) is 5. The van der Waals surface area contributed by atoms with Crippen molar-refractivity contribution in [3.8, 4) is 5.75 Å². The minimum Gasteiger partial charge on any atom is -0.508 e. The Morgan fingerprint density at radius 1 is 1.05 bits per heavy atom. The first-order valence-corrected chi connectivity index (χ1v) is 16.3. The van der Waals surface area contributed by atoms with Crippen molar-refractivity contribution in [3.05, 3.63) is 89.5 Å². The van der Waals surface area contributed by atoms with E-state index in [1.807, 2.05) is 31.3 Å². The van der Waals surface area contributed by atoms with Gasteiger partial charge in [0.2, 0.25) is 0 Å². The van der Waals surface area contributed by atoms with Gasteiger partial charge in [-0.05, 0) is 110 Å². The number of aromatic hydroxyl groups is 1. The van der Waals surface area contributed by atoms with Crippen LogP contribution in [0.15, 0.2) is 72.8 Å². The maximum Gasteiger partial charge on any atom is 0.150 e. The molecule has 1 spiro atoms. The molecule has 7 rings (SSSR count). The lowest BCUT2D eigenvalue weighted by Gasteiger charge is -2.39. The molecule has 228 valence electrons. The molecule has 0 radical (unpaired) electrons. The van der Waals surface area contributed by atoms with Gasteiger partial charge in [-0.25, -0.2) is 0 Å². The zero-order chi connectivity index (χ0) is 30.4. The third kappa shape index (κ3) is 4.75. The van der Waals surface area contributed by atoms with Crippen LogP contribution in [0.2, 0.25) is 0 Å². The maximum atomic E-state index is 10.6. The van der Waals surface area contributed by atoms with Crippen LogP contribution in [-0.2, 0) is 11.8 Å². The summed E-state index contributed by atoms with van der Waals surface area (Å²) < 4.78 is 0. The molecule has 3 fully saturated rings. The second-order valence-corrected chi connectivity index (χ2v) is 14.1. The summed E-state index contributed by atoms with van der Waals surface area (Å²) in [5.41, 5.74) is 6.70. The first kappa shape index (κ1) is 29.7. The monoisotopic (exact) mass is 579 g/mol. The first-order chi connectivity index (χ1) is 20.7. The standard InChI is InChI=1S/C31H43N3O.C7H6O/c1-6-27(33-24-12-10-23(32-4)11-13-24)28-20(2)16-29(3)30(19-34(5)18-21-7-8-21)17-22-9-14-25(35)15-26(22)31(28,29)30;8-6-7-4-2-1-3-5-7/h9-15,20-21,27-28,32-33,35H,6-8,16-19H2,1-5H3;1-6H/t20-,27?,28?,29?,30?,31?;/m0./s1. The van der Waals surface area contributed by atoms with Gasteiger partial charge in [-0.2, -0.15) is 0 Å². The Morgan fingerprint density at radius 2 is 1.74 bits per heavy atom. The molecule has 5 unspecified atom stereocenters. The summed E-state index contributed by atoms with van der Waals surface area (Å²) >= 11 is 0. The molecule has 0 heterocycles. The van der Waals surface area contributed by atoms with Gasteiger partial charge in [-0.15, -0.1) is 0 Å². The van der Waals surface area contributed by atoms with Crippen LogP contribution in [0.25, 0.3) is 0 Å². The molecule has 6 atom stereocenters. The average molecular weight is 580 g/mol. The van der Waals surface area contributed by atoms with E-state index in [1.54, 1.807) is 12.1 Å². The van der Waals surface area contributed by atoms with Crippen molar-refractivity contribution < 1.29 is 9.90 Å². The number of rotatable bonds is 10. The fourth-order valence-corrected chi connectivity index (χ4v) is 9.95. The van der Waals surface area contributed by atoms with Crippen LogP contribution in [0.3, 0.4) is 0 Å². The second-order valence-electron chi connectivity index (χ2n) is 14.1. The van der Waals surface area contributed by atoms with E-state index in [-0.39, 0.29) is 16.2 Å². The number of hydrogen-bond donors (Lipinski definition) is 3. The van der Waals surface area contributed by atoms with Crippen molar-refractivity contribution >= 4 is 17.7 Å². The fraction of sp³-hybridized carbons (Fsp3) is 0.500. The van der Waals surface area contributed by atoms with E-state index in [4.69, 9.17) is 0 Å². The van der Waals surface area contributed by atoms with Crippen LogP contribution < -0.4 is 10.6 Å². The van der Waals surface area contributed by atoms with Crippen molar-refractivity contribution in [1.29, 1.82) is 0 Å². The minimum absolute atomic E-state index is 0.129. The van der Waals surface area contributed by atoms with Crippen molar-refractivity contribution in [3.63, 3.8) is 0 Å². The quantitative estimate of drug-likeness (QED) is 0.216. The molecular formula is C38H49N3O2. The first-order valence-electron chi connectivity index (χ1n) is 16.3. The number of anilines is 2. The number of phenols is 1. The van der Waals surface area contributed by atoms with Gasteiger partial charge in [-0.1, -0.05) is 57.2 Å². The number of fused-ring (bicyclic) bond motifs is 2. The highest BCUT2D eigenvalue weighted by Gasteiger charge is 2.92. The van der Waals surface area contributed by atoms with E-state index >= 15 is 0 Å².